The lowest BCUT2D eigenvalue weighted by atomic mass is 10.1. The van der Waals surface area contributed by atoms with Crippen LogP contribution >= 0.6 is 7.82 Å². The van der Waals surface area contributed by atoms with Crippen molar-refractivity contribution in [1.29, 1.82) is 0 Å². The number of aryl methyl sites for hydroxylation is 2. The Hall–Kier alpha value is -2.98. The largest absolute Gasteiger partial charge is 0.530 e. The van der Waals surface area contributed by atoms with Crippen LogP contribution in [0.2, 0.25) is 0 Å². The van der Waals surface area contributed by atoms with E-state index in [0.29, 0.717) is 23.3 Å². The topological polar surface area (TPSA) is 135 Å². The number of benzene rings is 1. The minimum absolute atomic E-state index is 0.0225. The van der Waals surface area contributed by atoms with Gasteiger partial charge in [0.2, 0.25) is 0 Å². The number of fused-ring (bicyclic) bond motifs is 1. The Morgan fingerprint density at radius 1 is 1.30 bits per heavy atom. The van der Waals surface area contributed by atoms with Crippen molar-refractivity contribution < 1.29 is 32.4 Å². The summed E-state index contributed by atoms with van der Waals surface area (Å²) in [7, 11) is -2.53. The van der Waals surface area contributed by atoms with Gasteiger partial charge in [-0.1, -0.05) is 12.1 Å². The van der Waals surface area contributed by atoms with Gasteiger partial charge in [-0.3, -0.25) is 28.2 Å². The maximum atomic E-state index is 12.9. The van der Waals surface area contributed by atoms with Gasteiger partial charge in [-0.2, -0.15) is 0 Å². The molecule has 33 heavy (non-hydrogen) atoms. The fraction of sp³-hybridized carbons (Fsp3) is 0.381. The van der Waals surface area contributed by atoms with E-state index in [4.69, 9.17) is 18.3 Å². The SMILES string of the molecule is COC(=O)CCc1ccc2c(c1)COP(=O)(OC[C@@H]1C=C[C@H](n3cc(C)c(=O)[nH]c3=O)O1)O2. The Morgan fingerprint density at radius 3 is 2.91 bits per heavy atom. The van der Waals surface area contributed by atoms with Gasteiger partial charge in [0, 0.05) is 23.7 Å². The lowest BCUT2D eigenvalue weighted by Gasteiger charge is -2.26. The van der Waals surface area contributed by atoms with Gasteiger partial charge >= 0.3 is 19.5 Å². The van der Waals surface area contributed by atoms with Crippen LogP contribution in [-0.4, -0.2) is 35.3 Å². The van der Waals surface area contributed by atoms with Gasteiger partial charge in [0.15, 0.2) is 6.23 Å². The molecule has 0 saturated carbocycles. The lowest BCUT2D eigenvalue weighted by Crippen LogP contribution is -2.33. The first-order valence-electron chi connectivity index (χ1n) is 10.2. The molecule has 12 heteroatoms. The van der Waals surface area contributed by atoms with Crippen LogP contribution in [0.3, 0.4) is 0 Å². The molecule has 1 unspecified atom stereocenters. The third-order valence-corrected chi connectivity index (χ3v) is 6.51. The number of carbonyl (C=O) groups is 1. The van der Waals surface area contributed by atoms with Crippen LogP contribution in [0, 0.1) is 6.92 Å². The summed E-state index contributed by atoms with van der Waals surface area (Å²) in [6, 6.07) is 5.25. The highest BCUT2D eigenvalue weighted by Crippen LogP contribution is 2.54. The number of ether oxygens (including phenoxy) is 2. The Kier molecular flexibility index (Phi) is 6.66. The number of rotatable bonds is 7. The fourth-order valence-electron chi connectivity index (χ4n) is 3.38. The van der Waals surface area contributed by atoms with E-state index >= 15 is 0 Å². The predicted molar refractivity (Wildman–Crippen MR) is 115 cm³/mol. The van der Waals surface area contributed by atoms with Gasteiger partial charge in [0.25, 0.3) is 5.56 Å². The summed E-state index contributed by atoms with van der Waals surface area (Å²) in [5.41, 5.74) is 0.895. The molecule has 11 nitrogen and oxygen atoms in total. The summed E-state index contributed by atoms with van der Waals surface area (Å²) in [6.07, 6.45) is 4.11. The second-order valence-corrected chi connectivity index (χ2v) is 9.15. The number of nitrogens with one attached hydrogen (secondary N) is 1. The van der Waals surface area contributed by atoms with E-state index in [9.17, 15) is 18.9 Å². The van der Waals surface area contributed by atoms with Crippen LogP contribution < -0.4 is 15.8 Å². The molecule has 0 amide bonds. The van der Waals surface area contributed by atoms with Crippen LogP contribution in [0.15, 0.2) is 46.1 Å². The number of carbonyl (C=O) groups excluding carboxylic acids is 1. The molecule has 0 radical (unpaired) electrons. The molecule has 0 spiro atoms. The van der Waals surface area contributed by atoms with Gasteiger partial charge in [-0.15, -0.1) is 0 Å². The van der Waals surface area contributed by atoms with E-state index in [1.165, 1.54) is 17.9 Å². The van der Waals surface area contributed by atoms with Gasteiger partial charge < -0.3 is 14.0 Å². The second-order valence-electron chi connectivity index (χ2n) is 7.55. The average Bonchev–Trinajstić information content (AvgIpc) is 3.27. The highest BCUT2D eigenvalue weighted by atomic mass is 31.2. The quantitative estimate of drug-likeness (QED) is 0.361. The predicted octanol–water partition coefficient (Wildman–Crippen LogP) is 2.14. The Balaban J connectivity index is 1.34. The van der Waals surface area contributed by atoms with Crippen LogP contribution in [0.5, 0.6) is 5.75 Å². The van der Waals surface area contributed by atoms with Crippen molar-refractivity contribution in [3.8, 4) is 5.75 Å². The average molecular weight is 478 g/mol. The molecule has 0 saturated heterocycles. The van der Waals surface area contributed by atoms with Crippen molar-refractivity contribution >= 4 is 13.8 Å². The van der Waals surface area contributed by atoms with Gasteiger partial charge in [-0.25, -0.2) is 9.36 Å². The zero-order valence-corrected chi connectivity index (χ0v) is 18.9. The maximum Gasteiger partial charge on any atom is 0.530 e. The van der Waals surface area contributed by atoms with Crippen LogP contribution in [0.4, 0.5) is 0 Å². The number of esters is 1. The van der Waals surface area contributed by atoms with Crippen LogP contribution in [0.1, 0.15) is 29.3 Å². The first-order valence-corrected chi connectivity index (χ1v) is 11.7. The number of aromatic amines is 1. The Labute approximate surface area is 188 Å². The number of H-pyrrole nitrogens is 1. The highest BCUT2D eigenvalue weighted by molar-refractivity contribution is 7.49. The smallest absolute Gasteiger partial charge is 0.469 e. The summed E-state index contributed by atoms with van der Waals surface area (Å²) >= 11 is 0. The number of phosphoric acid groups is 1. The van der Waals surface area contributed by atoms with Gasteiger partial charge in [0.05, 0.1) is 20.3 Å². The monoisotopic (exact) mass is 478 g/mol. The molecule has 1 aromatic heterocycles. The summed E-state index contributed by atoms with van der Waals surface area (Å²) in [4.78, 5) is 37.1. The molecule has 0 fully saturated rings. The normalized spacial score (nSPS) is 23.7. The van der Waals surface area contributed by atoms with E-state index < -0.39 is 31.4 Å². The number of nitrogens with zero attached hydrogens (tertiary/aromatic N) is 1. The number of aromatic nitrogens is 2. The van der Waals surface area contributed by atoms with Crippen molar-refractivity contribution in [3.63, 3.8) is 0 Å². The third-order valence-electron chi connectivity index (χ3n) is 5.18. The fourth-order valence-corrected chi connectivity index (χ4v) is 4.61. The molecule has 3 heterocycles. The molecule has 2 aliphatic rings. The number of hydrogen-bond donors (Lipinski definition) is 1. The summed E-state index contributed by atoms with van der Waals surface area (Å²) in [5, 5.41) is 0. The van der Waals surface area contributed by atoms with Gasteiger partial charge in [0.1, 0.15) is 11.9 Å². The number of methoxy groups -OCH3 is 1. The second kappa shape index (κ2) is 9.48. The zero-order chi connectivity index (χ0) is 23.6. The summed E-state index contributed by atoms with van der Waals surface area (Å²) in [5.74, 6) is 0.0755. The van der Waals surface area contributed by atoms with Crippen molar-refractivity contribution in [3.05, 3.63) is 74.1 Å². The van der Waals surface area contributed by atoms with E-state index in [0.717, 1.165) is 5.56 Å². The number of hydrogen-bond acceptors (Lipinski definition) is 9. The Morgan fingerprint density at radius 2 is 2.12 bits per heavy atom. The third kappa shape index (κ3) is 5.33. The molecular formula is C21H23N2O9P. The van der Waals surface area contributed by atoms with Crippen molar-refractivity contribution in [2.45, 2.75) is 38.7 Å². The van der Waals surface area contributed by atoms with Crippen molar-refractivity contribution in [2.75, 3.05) is 13.7 Å². The molecule has 1 N–H and O–H groups in total. The summed E-state index contributed by atoms with van der Waals surface area (Å²) in [6.45, 7) is 1.47. The number of phosphoric ester groups is 1. The summed E-state index contributed by atoms with van der Waals surface area (Å²) < 4.78 is 40.8. The van der Waals surface area contributed by atoms with Gasteiger partial charge in [-0.05, 0) is 37.1 Å². The minimum Gasteiger partial charge on any atom is -0.469 e. The van der Waals surface area contributed by atoms with E-state index in [2.05, 4.69) is 9.72 Å². The highest BCUT2D eigenvalue weighted by Gasteiger charge is 2.36. The zero-order valence-electron chi connectivity index (χ0n) is 18.0. The molecule has 4 rings (SSSR count). The van der Waals surface area contributed by atoms with Crippen molar-refractivity contribution in [1.82, 2.24) is 9.55 Å². The molecule has 0 bridgehead atoms. The molecule has 1 aromatic carbocycles. The Bertz CT molecular complexity index is 1250. The van der Waals surface area contributed by atoms with E-state index in [1.807, 2.05) is 6.07 Å². The molecule has 2 aromatic rings. The first-order chi connectivity index (χ1) is 15.8. The van der Waals surface area contributed by atoms with E-state index in [1.54, 1.807) is 31.2 Å². The molecule has 2 aliphatic heterocycles. The first kappa shape index (κ1) is 23.2. The van der Waals surface area contributed by atoms with Crippen molar-refractivity contribution in [2.24, 2.45) is 0 Å². The van der Waals surface area contributed by atoms with Crippen LogP contribution in [0.25, 0.3) is 0 Å². The maximum absolute atomic E-state index is 12.9. The molecular weight excluding hydrogens is 455 g/mol. The standard InChI is InChI=1S/C21H23N2O9P/c1-13-10-23(21(26)22-20(13)25)18-7-5-16(31-18)12-30-33(27)29-11-15-9-14(3-6-17(15)32-33)4-8-19(24)28-2/h3,5-7,9-10,16,18H,4,8,11-12H2,1-2H3,(H,22,25,26)/t16-,18+,33?/m0/s1. The minimum atomic E-state index is -3.87. The molecule has 176 valence electrons. The lowest BCUT2D eigenvalue weighted by molar-refractivity contribution is -0.140. The molecule has 3 atom stereocenters. The van der Waals surface area contributed by atoms with Crippen LogP contribution in [-0.2, 0) is 40.9 Å². The van der Waals surface area contributed by atoms with E-state index in [-0.39, 0.29) is 25.6 Å². The molecule has 0 aliphatic carbocycles.